The highest BCUT2D eigenvalue weighted by molar-refractivity contribution is 6.16. The molecule has 2 nitrogen and oxygen atoms in total. The fourth-order valence-corrected chi connectivity index (χ4v) is 2.34. The Kier molecular flexibility index (Phi) is 3.11. The first-order valence-electron chi connectivity index (χ1n) is 6.51. The zero-order valence-electron chi connectivity index (χ0n) is 11.0. The first-order chi connectivity index (χ1) is 9.70. The van der Waals surface area contributed by atoms with E-state index in [0.717, 1.165) is 5.39 Å². The molecule has 2 aromatic carbocycles. The van der Waals surface area contributed by atoms with Crippen LogP contribution in [0.15, 0.2) is 52.9 Å². The Morgan fingerprint density at radius 1 is 1.10 bits per heavy atom. The lowest BCUT2D eigenvalue weighted by Gasteiger charge is -2.01. The van der Waals surface area contributed by atoms with Gasteiger partial charge < -0.3 is 4.42 Å². The van der Waals surface area contributed by atoms with Crippen molar-refractivity contribution in [2.24, 2.45) is 0 Å². The van der Waals surface area contributed by atoms with Crippen LogP contribution in [0.1, 0.15) is 28.6 Å². The number of hydrogen-bond acceptors (Lipinski definition) is 2. The number of aryl methyl sites for hydroxylation is 1. The van der Waals surface area contributed by atoms with Crippen molar-refractivity contribution in [3.8, 4) is 0 Å². The lowest BCUT2D eigenvalue weighted by molar-refractivity contribution is 0.103. The van der Waals surface area contributed by atoms with E-state index in [4.69, 9.17) is 4.42 Å². The molecular weight excluding hydrogens is 255 g/mol. The second-order valence-electron chi connectivity index (χ2n) is 4.59. The lowest BCUT2D eigenvalue weighted by Crippen LogP contribution is -2.03. The SMILES string of the molecule is CCc1oc2ccccc2c1C(=O)c1ccc(F)cc1. The summed E-state index contributed by atoms with van der Waals surface area (Å²) >= 11 is 0. The Hall–Kier alpha value is -2.42. The summed E-state index contributed by atoms with van der Waals surface area (Å²) in [5.41, 5.74) is 1.75. The Labute approximate surface area is 115 Å². The van der Waals surface area contributed by atoms with Crippen molar-refractivity contribution >= 4 is 16.8 Å². The van der Waals surface area contributed by atoms with Crippen molar-refractivity contribution in [2.75, 3.05) is 0 Å². The van der Waals surface area contributed by atoms with Crippen molar-refractivity contribution in [3.05, 3.63) is 71.2 Å². The van der Waals surface area contributed by atoms with Crippen LogP contribution in [0.5, 0.6) is 0 Å². The van der Waals surface area contributed by atoms with Crippen molar-refractivity contribution in [1.82, 2.24) is 0 Å². The smallest absolute Gasteiger partial charge is 0.197 e. The molecule has 0 saturated carbocycles. The third-order valence-electron chi connectivity index (χ3n) is 3.32. The molecular formula is C17H13FO2. The average molecular weight is 268 g/mol. The number of rotatable bonds is 3. The minimum Gasteiger partial charge on any atom is -0.460 e. The first-order valence-corrected chi connectivity index (χ1v) is 6.51. The standard InChI is InChI=1S/C17H13FO2/c1-2-14-16(13-5-3-4-6-15(13)20-14)17(19)11-7-9-12(18)10-8-11/h3-10H,2H2,1H3. The van der Waals surface area contributed by atoms with Crippen LogP contribution in [0.25, 0.3) is 11.0 Å². The van der Waals surface area contributed by atoms with Gasteiger partial charge in [-0.15, -0.1) is 0 Å². The van der Waals surface area contributed by atoms with E-state index in [2.05, 4.69) is 0 Å². The number of ketones is 1. The van der Waals surface area contributed by atoms with E-state index in [1.165, 1.54) is 24.3 Å². The maximum Gasteiger partial charge on any atom is 0.197 e. The number of furan rings is 1. The molecule has 1 aromatic heterocycles. The van der Waals surface area contributed by atoms with E-state index in [1.807, 2.05) is 31.2 Å². The molecule has 0 unspecified atom stereocenters. The Bertz CT molecular complexity index is 769. The number of hydrogen-bond donors (Lipinski definition) is 0. The van der Waals surface area contributed by atoms with Crippen molar-refractivity contribution in [2.45, 2.75) is 13.3 Å². The molecule has 0 fully saturated rings. The van der Waals surface area contributed by atoms with Crippen molar-refractivity contribution in [1.29, 1.82) is 0 Å². The van der Waals surface area contributed by atoms with E-state index in [9.17, 15) is 9.18 Å². The van der Waals surface area contributed by atoms with Crippen LogP contribution in [0, 0.1) is 5.82 Å². The zero-order chi connectivity index (χ0) is 14.1. The second-order valence-corrected chi connectivity index (χ2v) is 4.59. The van der Waals surface area contributed by atoms with Crippen LogP contribution in [-0.2, 0) is 6.42 Å². The first kappa shape index (κ1) is 12.6. The summed E-state index contributed by atoms with van der Waals surface area (Å²) in [6, 6.07) is 13.0. The van der Waals surface area contributed by atoms with Crippen LogP contribution >= 0.6 is 0 Å². The van der Waals surface area contributed by atoms with Crippen LogP contribution < -0.4 is 0 Å². The Morgan fingerprint density at radius 2 is 1.80 bits per heavy atom. The fourth-order valence-electron chi connectivity index (χ4n) is 2.34. The molecule has 0 amide bonds. The van der Waals surface area contributed by atoms with Gasteiger partial charge in [0.15, 0.2) is 5.78 Å². The van der Waals surface area contributed by atoms with Gasteiger partial charge in [0.25, 0.3) is 0 Å². The van der Waals surface area contributed by atoms with Crippen LogP contribution in [0.4, 0.5) is 4.39 Å². The third kappa shape index (κ3) is 2.01. The maximum atomic E-state index is 13.0. The normalized spacial score (nSPS) is 10.9. The molecule has 100 valence electrons. The molecule has 0 aliphatic heterocycles. The van der Waals surface area contributed by atoms with E-state index >= 15 is 0 Å². The minimum absolute atomic E-state index is 0.133. The van der Waals surface area contributed by atoms with Gasteiger partial charge in [-0.05, 0) is 30.3 Å². The molecule has 0 aliphatic carbocycles. The highest BCUT2D eigenvalue weighted by Gasteiger charge is 2.20. The van der Waals surface area contributed by atoms with E-state index in [-0.39, 0.29) is 11.6 Å². The Morgan fingerprint density at radius 3 is 2.50 bits per heavy atom. The molecule has 0 spiro atoms. The van der Waals surface area contributed by atoms with E-state index < -0.39 is 0 Å². The third-order valence-corrected chi connectivity index (χ3v) is 3.32. The molecule has 0 bridgehead atoms. The molecule has 1 heterocycles. The molecule has 3 heteroatoms. The van der Waals surface area contributed by atoms with Gasteiger partial charge in [-0.25, -0.2) is 4.39 Å². The second kappa shape index (κ2) is 4.93. The number of halogens is 1. The van der Waals surface area contributed by atoms with Gasteiger partial charge in [0.2, 0.25) is 0 Å². The van der Waals surface area contributed by atoms with Crippen LogP contribution in [0.2, 0.25) is 0 Å². The largest absolute Gasteiger partial charge is 0.460 e. The van der Waals surface area contributed by atoms with Crippen molar-refractivity contribution < 1.29 is 13.6 Å². The number of carbonyl (C=O) groups excluding carboxylic acids is 1. The molecule has 20 heavy (non-hydrogen) atoms. The molecule has 0 aliphatic rings. The van der Waals surface area contributed by atoms with Gasteiger partial charge in [-0.3, -0.25) is 4.79 Å². The summed E-state index contributed by atoms with van der Waals surface area (Å²) in [4.78, 5) is 12.6. The van der Waals surface area contributed by atoms with Crippen LogP contribution in [-0.4, -0.2) is 5.78 Å². The van der Waals surface area contributed by atoms with Gasteiger partial charge in [-0.1, -0.05) is 25.1 Å². The molecule has 3 aromatic rings. The van der Waals surface area contributed by atoms with Crippen molar-refractivity contribution in [3.63, 3.8) is 0 Å². The summed E-state index contributed by atoms with van der Waals surface area (Å²) in [5.74, 6) is 0.182. The van der Waals surface area contributed by atoms with Gasteiger partial charge in [0.1, 0.15) is 17.2 Å². The highest BCUT2D eigenvalue weighted by Crippen LogP contribution is 2.28. The summed E-state index contributed by atoms with van der Waals surface area (Å²) in [6.07, 6.45) is 0.636. The Balaban J connectivity index is 2.17. The highest BCUT2D eigenvalue weighted by atomic mass is 19.1. The average Bonchev–Trinajstić information content (AvgIpc) is 2.85. The molecule has 0 saturated heterocycles. The van der Waals surface area contributed by atoms with Crippen LogP contribution in [0.3, 0.4) is 0 Å². The molecule has 0 N–H and O–H groups in total. The quantitative estimate of drug-likeness (QED) is 0.660. The fraction of sp³-hybridized carbons (Fsp3) is 0.118. The summed E-state index contributed by atoms with van der Waals surface area (Å²) in [7, 11) is 0. The predicted octanol–water partition coefficient (Wildman–Crippen LogP) is 4.37. The zero-order valence-corrected chi connectivity index (χ0v) is 11.0. The number of fused-ring (bicyclic) bond motifs is 1. The lowest BCUT2D eigenvalue weighted by atomic mass is 9.99. The van der Waals surface area contributed by atoms with E-state index in [0.29, 0.717) is 28.9 Å². The summed E-state index contributed by atoms with van der Waals surface area (Å²) in [6.45, 7) is 1.94. The maximum absolute atomic E-state index is 13.0. The number of carbonyl (C=O) groups is 1. The van der Waals surface area contributed by atoms with E-state index in [1.54, 1.807) is 0 Å². The number of para-hydroxylation sites is 1. The predicted molar refractivity (Wildman–Crippen MR) is 75.4 cm³/mol. The van der Waals surface area contributed by atoms with Gasteiger partial charge in [0, 0.05) is 17.4 Å². The topological polar surface area (TPSA) is 30.2 Å². The molecule has 0 radical (unpaired) electrons. The van der Waals surface area contributed by atoms with Gasteiger partial charge >= 0.3 is 0 Å². The summed E-state index contributed by atoms with van der Waals surface area (Å²) in [5, 5.41) is 0.804. The minimum atomic E-state index is -0.352. The molecule has 3 rings (SSSR count). The summed E-state index contributed by atoms with van der Waals surface area (Å²) < 4.78 is 18.7. The molecule has 0 atom stereocenters. The monoisotopic (exact) mass is 268 g/mol. The van der Waals surface area contributed by atoms with Gasteiger partial charge in [0.05, 0.1) is 5.56 Å². The number of benzene rings is 2. The van der Waals surface area contributed by atoms with Gasteiger partial charge in [-0.2, -0.15) is 0 Å².